The smallest absolute Gasteiger partial charge is 0.141 e. The standard InChI is InChI=1S/C17H16N6/c1-2-15(12-3-6-18-7-4-12)23-10-13(9-22-23)16-14-5-8-19-17(14)21-11-20-16/h3-11,15H,2H2,1H3,(H,19,20,21). The van der Waals surface area contributed by atoms with E-state index in [9.17, 15) is 0 Å². The number of pyridine rings is 1. The van der Waals surface area contributed by atoms with Gasteiger partial charge in [-0.25, -0.2) is 9.97 Å². The van der Waals surface area contributed by atoms with Crippen molar-refractivity contribution in [2.45, 2.75) is 19.4 Å². The monoisotopic (exact) mass is 304 g/mol. The molecule has 4 heterocycles. The summed E-state index contributed by atoms with van der Waals surface area (Å²) >= 11 is 0. The number of aromatic amines is 1. The zero-order chi connectivity index (χ0) is 15.6. The first kappa shape index (κ1) is 13.6. The first-order chi connectivity index (χ1) is 11.4. The fraction of sp³-hybridized carbons (Fsp3) is 0.176. The number of H-pyrrole nitrogens is 1. The van der Waals surface area contributed by atoms with Crippen LogP contribution in [0.2, 0.25) is 0 Å². The molecule has 0 saturated heterocycles. The third-order valence-electron chi connectivity index (χ3n) is 4.03. The van der Waals surface area contributed by atoms with Crippen molar-refractivity contribution in [3.63, 3.8) is 0 Å². The molecule has 4 aromatic rings. The maximum Gasteiger partial charge on any atom is 0.141 e. The maximum atomic E-state index is 4.56. The first-order valence-corrected chi connectivity index (χ1v) is 7.59. The fourth-order valence-electron chi connectivity index (χ4n) is 2.89. The van der Waals surface area contributed by atoms with Crippen LogP contribution in [0.15, 0.2) is 55.5 Å². The fourth-order valence-corrected chi connectivity index (χ4v) is 2.89. The number of hydrogen-bond acceptors (Lipinski definition) is 4. The molecule has 0 bridgehead atoms. The Bertz CT molecular complexity index is 924. The highest BCUT2D eigenvalue weighted by atomic mass is 15.3. The number of nitrogens with zero attached hydrogens (tertiary/aromatic N) is 5. The number of rotatable bonds is 4. The number of hydrogen-bond donors (Lipinski definition) is 1. The van der Waals surface area contributed by atoms with Crippen molar-refractivity contribution in [3.8, 4) is 11.3 Å². The summed E-state index contributed by atoms with van der Waals surface area (Å²) in [7, 11) is 0. The molecular formula is C17H16N6. The Hall–Kier alpha value is -3.02. The summed E-state index contributed by atoms with van der Waals surface area (Å²) < 4.78 is 1.99. The van der Waals surface area contributed by atoms with Gasteiger partial charge in [-0.1, -0.05) is 6.92 Å². The molecule has 6 nitrogen and oxygen atoms in total. The third kappa shape index (κ3) is 2.38. The second-order valence-corrected chi connectivity index (χ2v) is 5.38. The minimum Gasteiger partial charge on any atom is -0.346 e. The topological polar surface area (TPSA) is 72.3 Å². The third-order valence-corrected chi connectivity index (χ3v) is 4.03. The van der Waals surface area contributed by atoms with E-state index >= 15 is 0 Å². The van der Waals surface area contributed by atoms with Crippen LogP contribution in [0.5, 0.6) is 0 Å². The molecule has 23 heavy (non-hydrogen) atoms. The van der Waals surface area contributed by atoms with E-state index in [1.165, 1.54) is 5.56 Å². The van der Waals surface area contributed by atoms with Crippen LogP contribution < -0.4 is 0 Å². The zero-order valence-corrected chi connectivity index (χ0v) is 12.7. The number of nitrogens with one attached hydrogen (secondary N) is 1. The van der Waals surface area contributed by atoms with E-state index in [-0.39, 0.29) is 6.04 Å². The molecular weight excluding hydrogens is 288 g/mol. The lowest BCUT2D eigenvalue weighted by atomic mass is 10.1. The highest BCUT2D eigenvalue weighted by Crippen LogP contribution is 2.27. The van der Waals surface area contributed by atoms with Crippen molar-refractivity contribution in [3.05, 3.63) is 61.1 Å². The molecule has 4 rings (SSSR count). The summed E-state index contributed by atoms with van der Waals surface area (Å²) in [5.41, 5.74) is 3.92. The number of aromatic nitrogens is 6. The molecule has 0 saturated carbocycles. The first-order valence-electron chi connectivity index (χ1n) is 7.59. The van der Waals surface area contributed by atoms with E-state index in [0.717, 1.165) is 28.7 Å². The Morgan fingerprint density at radius 1 is 1.17 bits per heavy atom. The predicted octanol–water partition coefficient (Wildman–Crippen LogP) is 3.22. The molecule has 0 fully saturated rings. The highest BCUT2D eigenvalue weighted by Gasteiger charge is 2.15. The molecule has 114 valence electrons. The van der Waals surface area contributed by atoms with Crippen LogP contribution in [-0.4, -0.2) is 29.7 Å². The Morgan fingerprint density at radius 2 is 2.04 bits per heavy atom. The van der Waals surface area contributed by atoms with E-state index in [1.807, 2.05) is 53.9 Å². The lowest BCUT2D eigenvalue weighted by molar-refractivity contribution is 0.509. The van der Waals surface area contributed by atoms with Gasteiger partial charge in [0.15, 0.2) is 0 Å². The van der Waals surface area contributed by atoms with Crippen LogP contribution >= 0.6 is 0 Å². The molecule has 1 unspecified atom stereocenters. The van der Waals surface area contributed by atoms with Gasteiger partial charge in [0.2, 0.25) is 0 Å². The maximum absolute atomic E-state index is 4.56. The molecule has 0 aliphatic heterocycles. The van der Waals surface area contributed by atoms with Gasteiger partial charge in [0, 0.05) is 35.7 Å². The second-order valence-electron chi connectivity index (χ2n) is 5.38. The molecule has 0 aliphatic carbocycles. The summed E-state index contributed by atoms with van der Waals surface area (Å²) in [6.45, 7) is 2.15. The Labute approximate surface area is 133 Å². The summed E-state index contributed by atoms with van der Waals surface area (Å²) in [5.74, 6) is 0. The van der Waals surface area contributed by atoms with Gasteiger partial charge in [-0.05, 0) is 30.2 Å². The molecule has 0 radical (unpaired) electrons. The van der Waals surface area contributed by atoms with E-state index in [0.29, 0.717) is 0 Å². The van der Waals surface area contributed by atoms with Crippen LogP contribution in [0.3, 0.4) is 0 Å². The quantitative estimate of drug-likeness (QED) is 0.628. The molecule has 1 atom stereocenters. The van der Waals surface area contributed by atoms with Crippen LogP contribution in [0, 0.1) is 0 Å². The van der Waals surface area contributed by atoms with Gasteiger partial charge in [-0.15, -0.1) is 0 Å². The summed E-state index contributed by atoms with van der Waals surface area (Å²) in [5, 5.41) is 5.56. The zero-order valence-electron chi connectivity index (χ0n) is 12.7. The second kappa shape index (κ2) is 5.64. The average Bonchev–Trinajstić information content (AvgIpc) is 3.25. The molecule has 0 amide bonds. The lowest BCUT2D eigenvalue weighted by Gasteiger charge is -2.15. The van der Waals surface area contributed by atoms with Crippen LogP contribution in [0.1, 0.15) is 24.9 Å². The van der Waals surface area contributed by atoms with Crippen molar-refractivity contribution in [1.82, 2.24) is 29.7 Å². The van der Waals surface area contributed by atoms with Gasteiger partial charge < -0.3 is 4.98 Å². The van der Waals surface area contributed by atoms with Crippen LogP contribution in [0.4, 0.5) is 0 Å². The van der Waals surface area contributed by atoms with Crippen molar-refractivity contribution in [2.75, 3.05) is 0 Å². The summed E-state index contributed by atoms with van der Waals surface area (Å²) in [6, 6.07) is 6.24. The van der Waals surface area contributed by atoms with E-state index < -0.39 is 0 Å². The highest BCUT2D eigenvalue weighted by molar-refractivity contribution is 5.89. The predicted molar refractivity (Wildman–Crippen MR) is 87.8 cm³/mol. The molecule has 0 aliphatic rings. The van der Waals surface area contributed by atoms with Crippen LogP contribution in [0.25, 0.3) is 22.3 Å². The minimum absolute atomic E-state index is 0.190. The summed E-state index contributed by atoms with van der Waals surface area (Å²) in [6.07, 6.45) is 11.9. The Kier molecular flexibility index (Phi) is 3.34. The van der Waals surface area contributed by atoms with Crippen molar-refractivity contribution < 1.29 is 0 Å². The van der Waals surface area contributed by atoms with Crippen molar-refractivity contribution in [2.24, 2.45) is 0 Å². The SMILES string of the molecule is CCC(c1ccncc1)n1cc(-c2ncnc3[nH]ccc23)cn1. The van der Waals surface area contributed by atoms with E-state index in [1.54, 1.807) is 6.33 Å². The van der Waals surface area contributed by atoms with Crippen LogP contribution in [-0.2, 0) is 0 Å². The Morgan fingerprint density at radius 3 is 2.87 bits per heavy atom. The molecule has 6 heteroatoms. The van der Waals surface area contributed by atoms with Gasteiger partial charge in [-0.2, -0.15) is 5.10 Å². The average molecular weight is 304 g/mol. The van der Waals surface area contributed by atoms with E-state index in [4.69, 9.17) is 0 Å². The largest absolute Gasteiger partial charge is 0.346 e. The molecule has 4 aromatic heterocycles. The lowest BCUT2D eigenvalue weighted by Crippen LogP contribution is -2.10. The van der Waals surface area contributed by atoms with Gasteiger partial charge in [0.05, 0.1) is 17.9 Å². The van der Waals surface area contributed by atoms with Gasteiger partial charge in [0.25, 0.3) is 0 Å². The normalized spacial score (nSPS) is 12.6. The molecule has 0 spiro atoms. The van der Waals surface area contributed by atoms with Crippen molar-refractivity contribution in [1.29, 1.82) is 0 Å². The van der Waals surface area contributed by atoms with Gasteiger partial charge in [0.1, 0.15) is 12.0 Å². The number of fused-ring (bicyclic) bond motifs is 1. The van der Waals surface area contributed by atoms with E-state index in [2.05, 4.69) is 32.0 Å². The molecule has 0 aromatic carbocycles. The van der Waals surface area contributed by atoms with Gasteiger partial charge in [-0.3, -0.25) is 9.67 Å². The van der Waals surface area contributed by atoms with Gasteiger partial charge >= 0.3 is 0 Å². The summed E-state index contributed by atoms with van der Waals surface area (Å²) in [4.78, 5) is 15.9. The molecule has 1 N–H and O–H groups in total. The minimum atomic E-state index is 0.190. The van der Waals surface area contributed by atoms with Crippen molar-refractivity contribution >= 4 is 11.0 Å². The Balaban J connectivity index is 1.75.